The Labute approximate surface area is 99.4 Å². The lowest BCUT2D eigenvalue weighted by Gasteiger charge is -2.20. The number of aromatic nitrogens is 1. The minimum Gasteiger partial charge on any atom is -0.260 e. The molecule has 1 aromatic rings. The number of hydrogen-bond donors (Lipinski definition) is 0. The van der Waals surface area contributed by atoms with Gasteiger partial charge in [-0.3, -0.25) is 4.98 Å². The smallest absolute Gasteiger partial charge is 0.260 e. The average Bonchev–Trinajstić information content (AvgIpc) is 2.19. The fraction of sp³-hybridized carbons (Fsp3) is 0.500. The Hall–Kier alpha value is -0.850. The Morgan fingerprint density at radius 2 is 1.88 bits per heavy atom. The maximum Gasteiger partial charge on any atom is 0.453 e. The molecule has 0 saturated carbocycles. The predicted octanol–water partition coefficient (Wildman–Crippen LogP) is 3.93. The number of nitrogens with zero attached hydrogens (tertiary/aromatic N) is 1. The highest BCUT2D eigenvalue weighted by Crippen LogP contribution is 2.39. The van der Waals surface area contributed by atoms with E-state index in [1.807, 2.05) is 0 Å². The molecule has 0 aliphatic carbocycles. The maximum absolute atomic E-state index is 12.9. The Bertz CT molecular complexity index is 377. The van der Waals surface area contributed by atoms with E-state index >= 15 is 0 Å². The summed E-state index contributed by atoms with van der Waals surface area (Å²) >= 11 is 1.19. The molecule has 0 atom stereocenters. The van der Waals surface area contributed by atoms with Crippen molar-refractivity contribution in [2.75, 3.05) is 5.75 Å². The van der Waals surface area contributed by atoms with Gasteiger partial charge in [0.15, 0.2) is 0 Å². The third kappa shape index (κ3) is 3.55. The van der Waals surface area contributed by atoms with E-state index in [4.69, 9.17) is 0 Å². The van der Waals surface area contributed by atoms with Gasteiger partial charge in [0.25, 0.3) is 0 Å². The lowest BCUT2D eigenvalue weighted by molar-refractivity contribution is -0.281. The van der Waals surface area contributed by atoms with E-state index in [9.17, 15) is 22.0 Å². The van der Waals surface area contributed by atoms with Crippen molar-refractivity contribution < 1.29 is 22.0 Å². The molecule has 0 aromatic carbocycles. The molecule has 0 saturated heterocycles. The Morgan fingerprint density at radius 3 is 2.41 bits per heavy atom. The van der Waals surface area contributed by atoms with Gasteiger partial charge in [0.2, 0.25) is 0 Å². The van der Waals surface area contributed by atoms with E-state index in [1.165, 1.54) is 30.1 Å². The molecular formula is C10H10F5NS. The minimum atomic E-state index is -5.54. The van der Waals surface area contributed by atoms with E-state index in [1.54, 1.807) is 6.92 Å². The van der Waals surface area contributed by atoms with E-state index in [0.717, 1.165) is 0 Å². The third-order valence-electron chi connectivity index (χ3n) is 1.95. The molecule has 0 aliphatic heterocycles. The maximum atomic E-state index is 12.9. The normalized spacial score (nSPS) is 12.8. The Kier molecular flexibility index (Phi) is 4.35. The fourth-order valence-electron chi connectivity index (χ4n) is 1.15. The van der Waals surface area contributed by atoms with Crippen molar-refractivity contribution in [3.05, 3.63) is 24.0 Å². The van der Waals surface area contributed by atoms with Crippen LogP contribution in [-0.4, -0.2) is 22.8 Å². The van der Waals surface area contributed by atoms with Gasteiger partial charge in [0.1, 0.15) is 0 Å². The minimum absolute atomic E-state index is 0.221. The van der Waals surface area contributed by atoms with Crippen molar-refractivity contribution in [2.45, 2.75) is 30.3 Å². The number of rotatable bonds is 4. The molecule has 0 bridgehead atoms. The summed E-state index contributed by atoms with van der Waals surface area (Å²) in [6.45, 7) is 1.78. The van der Waals surface area contributed by atoms with Crippen LogP contribution in [0.2, 0.25) is 0 Å². The van der Waals surface area contributed by atoms with Crippen molar-refractivity contribution >= 4 is 11.8 Å². The van der Waals surface area contributed by atoms with Crippen LogP contribution in [0.4, 0.5) is 22.0 Å². The second kappa shape index (κ2) is 5.20. The van der Waals surface area contributed by atoms with Crippen LogP contribution in [0.15, 0.2) is 23.2 Å². The van der Waals surface area contributed by atoms with Crippen LogP contribution >= 0.6 is 11.8 Å². The van der Waals surface area contributed by atoms with Crippen molar-refractivity contribution in [3.63, 3.8) is 0 Å². The summed E-state index contributed by atoms with van der Waals surface area (Å²) in [6.07, 6.45) is -5.75. The molecule has 0 radical (unpaired) electrons. The topological polar surface area (TPSA) is 12.9 Å². The molecule has 1 heterocycles. The average molecular weight is 271 g/mol. The molecule has 0 spiro atoms. The van der Waals surface area contributed by atoms with Crippen LogP contribution in [0.1, 0.15) is 12.6 Å². The molecule has 96 valence electrons. The molecule has 17 heavy (non-hydrogen) atoms. The molecule has 0 aliphatic rings. The second-order valence-electron chi connectivity index (χ2n) is 3.26. The molecule has 7 heteroatoms. The summed E-state index contributed by atoms with van der Waals surface area (Å²) in [6, 6.07) is 3.00. The molecule has 1 rings (SSSR count). The molecule has 1 aromatic heterocycles. The van der Waals surface area contributed by atoms with E-state index in [0.29, 0.717) is 10.6 Å². The van der Waals surface area contributed by atoms with Crippen LogP contribution < -0.4 is 0 Å². The summed E-state index contributed by atoms with van der Waals surface area (Å²) in [5, 5.41) is 0. The van der Waals surface area contributed by atoms with Gasteiger partial charge in [0.05, 0.1) is 12.1 Å². The zero-order valence-electron chi connectivity index (χ0n) is 8.89. The van der Waals surface area contributed by atoms with Crippen LogP contribution in [0.5, 0.6) is 0 Å². The standard InChI is InChI=1S/C10H10F5NS/c1-2-17-8-4-3-5-16-7(8)6-9(11,12)10(13,14)15/h3-5H,2,6H2,1H3. The zero-order chi connectivity index (χ0) is 13.1. The Morgan fingerprint density at radius 1 is 1.24 bits per heavy atom. The van der Waals surface area contributed by atoms with Gasteiger partial charge in [0, 0.05) is 11.1 Å². The van der Waals surface area contributed by atoms with Crippen LogP contribution in [-0.2, 0) is 6.42 Å². The summed E-state index contributed by atoms with van der Waals surface area (Å²) in [4.78, 5) is 3.96. The van der Waals surface area contributed by atoms with Gasteiger partial charge in [-0.25, -0.2) is 0 Å². The number of alkyl halides is 5. The summed E-state index contributed by atoms with van der Waals surface area (Å²) < 4.78 is 61.9. The van der Waals surface area contributed by atoms with Crippen molar-refractivity contribution in [2.24, 2.45) is 0 Å². The predicted molar refractivity (Wildman–Crippen MR) is 55.3 cm³/mol. The highest BCUT2D eigenvalue weighted by molar-refractivity contribution is 7.99. The first-order valence-electron chi connectivity index (χ1n) is 4.79. The van der Waals surface area contributed by atoms with Gasteiger partial charge in [-0.2, -0.15) is 22.0 Å². The first-order valence-corrected chi connectivity index (χ1v) is 5.77. The molecular weight excluding hydrogens is 261 g/mol. The van der Waals surface area contributed by atoms with Gasteiger partial charge in [-0.05, 0) is 17.9 Å². The zero-order valence-corrected chi connectivity index (χ0v) is 9.71. The van der Waals surface area contributed by atoms with Crippen molar-refractivity contribution in [1.29, 1.82) is 0 Å². The van der Waals surface area contributed by atoms with Gasteiger partial charge < -0.3 is 0 Å². The van der Waals surface area contributed by atoms with Crippen LogP contribution in [0.25, 0.3) is 0 Å². The van der Waals surface area contributed by atoms with Crippen molar-refractivity contribution in [3.8, 4) is 0 Å². The monoisotopic (exact) mass is 271 g/mol. The Balaban J connectivity index is 2.95. The molecule has 0 amide bonds. The summed E-state index contributed by atoms with van der Waals surface area (Å²) in [5.41, 5.74) is -0.221. The SMILES string of the molecule is CCSc1cccnc1CC(F)(F)C(F)(F)F. The van der Waals surface area contributed by atoms with Gasteiger partial charge in [-0.15, -0.1) is 11.8 Å². The van der Waals surface area contributed by atoms with Crippen LogP contribution in [0.3, 0.4) is 0 Å². The summed E-state index contributed by atoms with van der Waals surface area (Å²) in [7, 11) is 0. The molecule has 1 nitrogen and oxygen atoms in total. The highest BCUT2D eigenvalue weighted by Gasteiger charge is 2.57. The van der Waals surface area contributed by atoms with Crippen LogP contribution in [0, 0.1) is 0 Å². The number of thioether (sulfide) groups is 1. The van der Waals surface area contributed by atoms with Gasteiger partial charge >= 0.3 is 12.1 Å². The first-order chi connectivity index (χ1) is 7.78. The molecule has 0 N–H and O–H groups in total. The third-order valence-corrected chi connectivity index (χ3v) is 2.92. The number of pyridine rings is 1. The van der Waals surface area contributed by atoms with E-state index in [-0.39, 0.29) is 5.69 Å². The number of hydrogen-bond acceptors (Lipinski definition) is 2. The second-order valence-corrected chi connectivity index (χ2v) is 4.57. The summed E-state index contributed by atoms with van der Waals surface area (Å²) in [5.74, 6) is -4.17. The molecule has 0 fully saturated rings. The quantitative estimate of drug-likeness (QED) is 0.608. The highest BCUT2D eigenvalue weighted by atomic mass is 32.2. The molecule has 0 unspecified atom stereocenters. The van der Waals surface area contributed by atoms with Gasteiger partial charge in [-0.1, -0.05) is 6.92 Å². The first kappa shape index (κ1) is 14.2. The van der Waals surface area contributed by atoms with E-state index in [2.05, 4.69) is 4.98 Å². The lowest BCUT2D eigenvalue weighted by atomic mass is 10.1. The van der Waals surface area contributed by atoms with Crippen molar-refractivity contribution in [1.82, 2.24) is 4.98 Å². The lowest BCUT2D eigenvalue weighted by Crippen LogP contribution is -2.38. The largest absolute Gasteiger partial charge is 0.453 e. The fourth-order valence-corrected chi connectivity index (χ4v) is 1.93. The van der Waals surface area contributed by atoms with E-state index < -0.39 is 18.5 Å². The number of halogens is 5.